The van der Waals surface area contributed by atoms with Crippen LogP contribution in [0.25, 0.3) is 0 Å². The van der Waals surface area contributed by atoms with Gasteiger partial charge in [0.1, 0.15) is 5.75 Å². The van der Waals surface area contributed by atoms with Gasteiger partial charge >= 0.3 is 0 Å². The van der Waals surface area contributed by atoms with Gasteiger partial charge in [-0.15, -0.1) is 0 Å². The monoisotopic (exact) mass is 195 g/mol. The van der Waals surface area contributed by atoms with Crippen molar-refractivity contribution in [2.45, 2.75) is 25.9 Å². The number of phenolic OH excluding ortho intramolecular Hbond substituents is 1. The zero-order valence-electron chi connectivity index (χ0n) is 8.40. The number of hydrogen-bond donors (Lipinski definition) is 3. The van der Waals surface area contributed by atoms with Gasteiger partial charge in [0.25, 0.3) is 0 Å². The lowest BCUT2D eigenvalue weighted by atomic mass is 10.2. The summed E-state index contributed by atoms with van der Waals surface area (Å²) in [6.45, 7) is 2.85. The Hall–Kier alpha value is -1.06. The summed E-state index contributed by atoms with van der Waals surface area (Å²) >= 11 is 0. The van der Waals surface area contributed by atoms with E-state index in [1.807, 2.05) is 19.1 Å². The van der Waals surface area contributed by atoms with Crippen LogP contribution in [-0.4, -0.2) is 22.9 Å². The van der Waals surface area contributed by atoms with Crippen molar-refractivity contribution in [2.75, 3.05) is 6.61 Å². The predicted molar refractivity (Wildman–Crippen MR) is 56.1 cm³/mol. The van der Waals surface area contributed by atoms with E-state index in [2.05, 4.69) is 5.32 Å². The third-order valence-corrected chi connectivity index (χ3v) is 2.22. The van der Waals surface area contributed by atoms with Crippen LogP contribution >= 0.6 is 0 Å². The molecule has 0 bridgehead atoms. The fourth-order valence-corrected chi connectivity index (χ4v) is 1.27. The summed E-state index contributed by atoms with van der Waals surface area (Å²) in [5.74, 6) is 0.279. The molecule has 0 aliphatic rings. The zero-order chi connectivity index (χ0) is 10.4. The maximum absolute atomic E-state index is 9.22. The molecular weight excluding hydrogens is 178 g/mol. The van der Waals surface area contributed by atoms with Crippen LogP contribution in [0.15, 0.2) is 24.3 Å². The number of aromatic hydroxyl groups is 1. The maximum Gasteiger partial charge on any atom is 0.115 e. The largest absolute Gasteiger partial charge is 0.508 e. The molecule has 1 aromatic rings. The van der Waals surface area contributed by atoms with Crippen molar-refractivity contribution in [3.8, 4) is 5.75 Å². The Morgan fingerprint density at radius 1 is 1.43 bits per heavy atom. The van der Waals surface area contributed by atoms with Crippen molar-refractivity contribution < 1.29 is 10.2 Å². The Kier molecular flexibility index (Phi) is 4.43. The standard InChI is InChI=1S/C11H17NO2/c1-2-10(8-13)12-7-9-4-3-5-11(14)6-9/h3-6,10,12-14H,2,7-8H2,1H3. The highest BCUT2D eigenvalue weighted by molar-refractivity contribution is 5.26. The molecule has 78 valence electrons. The Labute approximate surface area is 84.4 Å². The quantitative estimate of drug-likeness (QED) is 0.663. The minimum Gasteiger partial charge on any atom is -0.508 e. The second-order valence-electron chi connectivity index (χ2n) is 3.34. The van der Waals surface area contributed by atoms with Crippen LogP contribution in [0.4, 0.5) is 0 Å². The van der Waals surface area contributed by atoms with E-state index in [4.69, 9.17) is 5.11 Å². The molecule has 1 unspecified atom stereocenters. The average Bonchev–Trinajstić information content (AvgIpc) is 2.19. The number of benzene rings is 1. The number of hydrogen-bond acceptors (Lipinski definition) is 3. The van der Waals surface area contributed by atoms with Crippen molar-refractivity contribution in [2.24, 2.45) is 0 Å². The van der Waals surface area contributed by atoms with Gasteiger partial charge in [-0.25, -0.2) is 0 Å². The Morgan fingerprint density at radius 2 is 2.21 bits per heavy atom. The normalized spacial score (nSPS) is 12.7. The van der Waals surface area contributed by atoms with Gasteiger partial charge in [-0.3, -0.25) is 0 Å². The Bertz CT molecular complexity index is 272. The van der Waals surface area contributed by atoms with Crippen LogP contribution in [-0.2, 0) is 6.54 Å². The highest BCUT2D eigenvalue weighted by Gasteiger charge is 2.03. The molecule has 1 aromatic carbocycles. The number of nitrogens with one attached hydrogen (secondary N) is 1. The molecule has 1 atom stereocenters. The molecule has 0 spiro atoms. The minimum atomic E-state index is 0.136. The summed E-state index contributed by atoms with van der Waals surface area (Å²) in [5, 5.41) is 21.4. The van der Waals surface area contributed by atoms with E-state index in [0.717, 1.165) is 12.0 Å². The SMILES string of the molecule is CCC(CO)NCc1cccc(O)c1. The Balaban J connectivity index is 2.44. The lowest BCUT2D eigenvalue weighted by Gasteiger charge is -2.13. The molecule has 0 fully saturated rings. The minimum absolute atomic E-state index is 0.136. The lowest BCUT2D eigenvalue weighted by Crippen LogP contribution is -2.31. The van der Waals surface area contributed by atoms with Gasteiger partial charge in [-0.05, 0) is 24.1 Å². The van der Waals surface area contributed by atoms with Gasteiger partial charge in [0.15, 0.2) is 0 Å². The summed E-state index contributed by atoms with van der Waals surface area (Å²) in [5.41, 5.74) is 1.02. The molecule has 3 heteroatoms. The number of rotatable bonds is 5. The third kappa shape index (κ3) is 3.36. The molecule has 14 heavy (non-hydrogen) atoms. The summed E-state index contributed by atoms with van der Waals surface area (Å²) in [4.78, 5) is 0. The van der Waals surface area contributed by atoms with E-state index in [1.165, 1.54) is 0 Å². The first-order valence-electron chi connectivity index (χ1n) is 4.88. The van der Waals surface area contributed by atoms with Gasteiger partial charge in [-0.2, -0.15) is 0 Å². The molecule has 0 heterocycles. The molecule has 3 N–H and O–H groups in total. The predicted octanol–water partition coefficient (Wildman–Crippen LogP) is 1.25. The first kappa shape index (κ1) is 11.0. The van der Waals surface area contributed by atoms with Crippen molar-refractivity contribution >= 4 is 0 Å². The van der Waals surface area contributed by atoms with Crippen molar-refractivity contribution in [1.82, 2.24) is 5.32 Å². The van der Waals surface area contributed by atoms with Crippen LogP contribution in [0.3, 0.4) is 0 Å². The topological polar surface area (TPSA) is 52.5 Å². The summed E-state index contributed by atoms with van der Waals surface area (Å²) in [6, 6.07) is 7.25. The molecule has 0 aliphatic heterocycles. The van der Waals surface area contributed by atoms with E-state index in [9.17, 15) is 5.11 Å². The first-order valence-corrected chi connectivity index (χ1v) is 4.88. The maximum atomic E-state index is 9.22. The highest BCUT2D eigenvalue weighted by atomic mass is 16.3. The molecule has 3 nitrogen and oxygen atoms in total. The highest BCUT2D eigenvalue weighted by Crippen LogP contribution is 2.10. The smallest absolute Gasteiger partial charge is 0.115 e. The lowest BCUT2D eigenvalue weighted by molar-refractivity contribution is 0.238. The number of phenols is 1. The second-order valence-corrected chi connectivity index (χ2v) is 3.34. The van der Waals surface area contributed by atoms with Gasteiger partial charge < -0.3 is 15.5 Å². The molecule has 0 saturated heterocycles. The fourth-order valence-electron chi connectivity index (χ4n) is 1.27. The van der Waals surface area contributed by atoms with E-state index in [1.54, 1.807) is 12.1 Å². The van der Waals surface area contributed by atoms with Crippen LogP contribution < -0.4 is 5.32 Å². The summed E-state index contributed by atoms with van der Waals surface area (Å²) < 4.78 is 0. The van der Waals surface area contributed by atoms with Gasteiger partial charge in [0, 0.05) is 12.6 Å². The Morgan fingerprint density at radius 3 is 2.79 bits per heavy atom. The molecule has 0 radical (unpaired) electrons. The van der Waals surface area contributed by atoms with Gasteiger partial charge in [-0.1, -0.05) is 19.1 Å². The van der Waals surface area contributed by atoms with E-state index in [0.29, 0.717) is 6.54 Å². The van der Waals surface area contributed by atoms with Crippen LogP contribution in [0, 0.1) is 0 Å². The molecule has 0 aromatic heterocycles. The molecule has 0 aliphatic carbocycles. The van der Waals surface area contributed by atoms with Crippen LogP contribution in [0.5, 0.6) is 5.75 Å². The number of aliphatic hydroxyl groups is 1. The summed E-state index contributed by atoms with van der Waals surface area (Å²) in [7, 11) is 0. The van der Waals surface area contributed by atoms with E-state index < -0.39 is 0 Å². The van der Waals surface area contributed by atoms with Gasteiger partial charge in [0.2, 0.25) is 0 Å². The molecular formula is C11H17NO2. The summed E-state index contributed by atoms with van der Waals surface area (Å²) in [6.07, 6.45) is 0.898. The average molecular weight is 195 g/mol. The molecule has 0 amide bonds. The zero-order valence-corrected chi connectivity index (χ0v) is 8.40. The van der Waals surface area contributed by atoms with Gasteiger partial charge in [0.05, 0.1) is 6.61 Å². The fraction of sp³-hybridized carbons (Fsp3) is 0.455. The van der Waals surface area contributed by atoms with Crippen molar-refractivity contribution in [3.63, 3.8) is 0 Å². The third-order valence-electron chi connectivity index (χ3n) is 2.22. The van der Waals surface area contributed by atoms with Crippen molar-refractivity contribution in [3.05, 3.63) is 29.8 Å². The van der Waals surface area contributed by atoms with Crippen molar-refractivity contribution in [1.29, 1.82) is 0 Å². The van der Waals surface area contributed by atoms with Crippen LogP contribution in [0.2, 0.25) is 0 Å². The number of aliphatic hydroxyl groups excluding tert-OH is 1. The van der Waals surface area contributed by atoms with E-state index in [-0.39, 0.29) is 18.4 Å². The van der Waals surface area contributed by atoms with E-state index >= 15 is 0 Å². The first-order chi connectivity index (χ1) is 6.76. The second kappa shape index (κ2) is 5.62. The molecule has 1 rings (SSSR count). The molecule has 0 saturated carbocycles. The van der Waals surface area contributed by atoms with Crippen LogP contribution in [0.1, 0.15) is 18.9 Å².